The summed E-state index contributed by atoms with van der Waals surface area (Å²) in [7, 11) is 0. The molecule has 1 heterocycles. The number of hydrogen-bond acceptors (Lipinski definition) is 2. The second-order valence-corrected chi connectivity index (χ2v) is 8.25. The van der Waals surface area contributed by atoms with E-state index >= 15 is 0 Å². The van der Waals surface area contributed by atoms with Gasteiger partial charge in [0.25, 0.3) is 0 Å². The van der Waals surface area contributed by atoms with Gasteiger partial charge in [-0.3, -0.25) is 4.90 Å². The lowest BCUT2D eigenvalue weighted by atomic mass is 9.96. The molecule has 0 amide bonds. The molecule has 1 aliphatic carbocycles. The van der Waals surface area contributed by atoms with E-state index in [1.165, 1.54) is 19.5 Å². The third-order valence-electron chi connectivity index (χ3n) is 6.14. The molecule has 2 aliphatic rings. The summed E-state index contributed by atoms with van der Waals surface area (Å²) in [6, 6.07) is 0.727. The van der Waals surface area contributed by atoms with Gasteiger partial charge in [-0.15, -0.1) is 0 Å². The van der Waals surface area contributed by atoms with Crippen LogP contribution in [0.15, 0.2) is 0 Å². The van der Waals surface area contributed by atoms with Gasteiger partial charge in [-0.1, -0.05) is 34.6 Å². The van der Waals surface area contributed by atoms with Crippen LogP contribution < -0.4 is 5.32 Å². The molecule has 0 aromatic carbocycles. The predicted molar refractivity (Wildman–Crippen MR) is 78.8 cm³/mol. The Balaban J connectivity index is 2.03. The SMILES string of the molecule is CCC1CNC(C)(C)CN1CC1C(C)(C)C1(C)C. The quantitative estimate of drug-likeness (QED) is 0.830. The fraction of sp³-hybridized carbons (Fsp3) is 1.00. The second kappa shape index (κ2) is 4.21. The third kappa shape index (κ3) is 2.22. The van der Waals surface area contributed by atoms with Crippen LogP contribution in [0, 0.1) is 16.7 Å². The predicted octanol–water partition coefficient (Wildman–Crippen LogP) is 3.13. The van der Waals surface area contributed by atoms with Gasteiger partial charge in [0, 0.05) is 31.2 Å². The summed E-state index contributed by atoms with van der Waals surface area (Å²) in [4.78, 5) is 2.75. The molecule has 1 aliphatic heterocycles. The Morgan fingerprint density at radius 2 is 1.61 bits per heavy atom. The molecule has 1 atom stereocenters. The molecule has 0 bridgehead atoms. The average molecular weight is 252 g/mol. The van der Waals surface area contributed by atoms with Crippen molar-refractivity contribution in [3.63, 3.8) is 0 Å². The highest BCUT2D eigenvalue weighted by molar-refractivity contribution is 5.13. The van der Waals surface area contributed by atoms with Gasteiger partial charge in [-0.05, 0) is 37.0 Å². The average Bonchev–Trinajstić information content (AvgIpc) is 2.60. The van der Waals surface area contributed by atoms with Crippen LogP contribution in [0.1, 0.15) is 54.9 Å². The Bertz CT molecular complexity index is 303. The van der Waals surface area contributed by atoms with Gasteiger partial charge >= 0.3 is 0 Å². The van der Waals surface area contributed by atoms with Gasteiger partial charge in [0.1, 0.15) is 0 Å². The number of rotatable bonds is 3. The largest absolute Gasteiger partial charge is 0.309 e. The van der Waals surface area contributed by atoms with Gasteiger partial charge in [-0.2, -0.15) is 0 Å². The van der Waals surface area contributed by atoms with Crippen LogP contribution in [-0.2, 0) is 0 Å². The van der Waals surface area contributed by atoms with E-state index in [1.54, 1.807) is 0 Å². The van der Waals surface area contributed by atoms with E-state index < -0.39 is 0 Å². The maximum absolute atomic E-state index is 3.68. The normalized spacial score (nSPS) is 34.5. The molecule has 1 unspecified atom stereocenters. The van der Waals surface area contributed by atoms with E-state index in [0.29, 0.717) is 10.8 Å². The van der Waals surface area contributed by atoms with Gasteiger partial charge in [0.2, 0.25) is 0 Å². The minimum absolute atomic E-state index is 0.273. The first-order valence-electron chi connectivity index (χ1n) is 7.61. The molecular weight excluding hydrogens is 220 g/mol. The molecule has 106 valence electrons. The highest BCUT2D eigenvalue weighted by Gasteiger charge is 2.64. The van der Waals surface area contributed by atoms with Crippen molar-refractivity contribution in [1.82, 2.24) is 10.2 Å². The summed E-state index contributed by atoms with van der Waals surface area (Å²) in [6.07, 6.45) is 1.26. The Morgan fingerprint density at radius 1 is 1.06 bits per heavy atom. The molecule has 2 nitrogen and oxygen atoms in total. The molecule has 0 aromatic rings. The Hall–Kier alpha value is -0.0800. The van der Waals surface area contributed by atoms with E-state index in [0.717, 1.165) is 18.5 Å². The first kappa shape index (κ1) is 14.3. The minimum Gasteiger partial charge on any atom is -0.309 e. The van der Waals surface area contributed by atoms with Crippen LogP contribution in [0.25, 0.3) is 0 Å². The lowest BCUT2D eigenvalue weighted by molar-refractivity contribution is 0.0827. The molecule has 0 spiro atoms. The Morgan fingerprint density at radius 3 is 2.06 bits per heavy atom. The smallest absolute Gasteiger partial charge is 0.0252 e. The van der Waals surface area contributed by atoms with Crippen molar-refractivity contribution in [2.75, 3.05) is 19.6 Å². The summed E-state index contributed by atoms with van der Waals surface area (Å²) >= 11 is 0. The van der Waals surface area contributed by atoms with Crippen molar-refractivity contribution >= 4 is 0 Å². The van der Waals surface area contributed by atoms with Gasteiger partial charge in [0.05, 0.1) is 0 Å². The van der Waals surface area contributed by atoms with Gasteiger partial charge in [0.15, 0.2) is 0 Å². The van der Waals surface area contributed by atoms with Gasteiger partial charge < -0.3 is 5.32 Å². The molecule has 0 aromatic heterocycles. The van der Waals surface area contributed by atoms with Crippen LogP contribution in [0.2, 0.25) is 0 Å². The molecule has 18 heavy (non-hydrogen) atoms. The van der Waals surface area contributed by atoms with E-state index in [9.17, 15) is 0 Å². The highest BCUT2D eigenvalue weighted by Crippen LogP contribution is 2.68. The highest BCUT2D eigenvalue weighted by atomic mass is 15.3. The van der Waals surface area contributed by atoms with Crippen molar-refractivity contribution in [2.45, 2.75) is 66.5 Å². The number of nitrogens with zero attached hydrogens (tertiary/aromatic N) is 1. The molecule has 2 heteroatoms. The van der Waals surface area contributed by atoms with Crippen molar-refractivity contribution in [3.05, 3.63) is 0 Å². The lowest BCUT2D eigenvalue weighted by Gasteiger charge is -2.45. The molecule has 1 N–H and O–H groups in total. The second-order valence-electron chi connectivity index (χ2n) is 8.25. The van der Waals surface area contributed by atoms with Crippen molar-refractivity contribution in [2.24, 2.45) is 16.7 Å². The summed E-state index contributed by atoms with van der Waals surface area (Å²) in [5.41, 5.74) is 1.30. The lowest BCUT2D eigenvalue weighted by Crippen LogP contribution is -2.61. The van der Waals surface area contributed by atoms with Gasteiger partial charge in [-0.25, -0.2) is 0 Å². The van der Waals surface area contributed by atoms with Crippen LogP contribution in [0.3, 0.4) is 0 Å². The molecule has 2 rings (SSSR count). The summed E-state index contributed by atoms with van der Waals surface area (Å²) in [6.45, 7) is 20.3. The fourth-order valence-electron chi connectivity index (χ4n) is 3.86. The number of nitrogens with one attached hydrogen (secondary N) is 1. The van der Waals surface area contributed by atoms with E-state index in [-0.39, 0.29) is 5.54 Å². The maximum Gasteiger partial charge on any atom is 0.0252 e. The first-order valence-corrected chi connectivity index (χ1v) is 7.61. The summed E-state index contributed by atoms with van der Waals surface area (Å²) in [5, 5.41) is 3.68. The Labute approximate surface area is 114 Å². The molecule has 2 fully saturated rings. The molecule has 1 saturated carbocycles. The molecule has 1 saturated heterocycles. The van der Waals surface area contributed by atoms with E-state index in [4.69, 9.17) is 0 Å². The molecule has 0 radical (unpaired) electrons. The molecular formula is C16H32N2. The maximum atomic E-state index is 3.68. The first-order chi connectivity index (χ1) is 8.12. The standard InChI is InChI=1S/C16H32N2/c1-8-12-9-17-14(2,3)11-18(12)10-13-15(4,5)16(13,6)7/h12-13,17H,8-11H2,1-7H3. The van der Waals surface area contributed by atoms with E-state index in [1.807, 2.05) is 0 Å². The Kier molecular flexibility index (Phi) is 3.35. The van der Waals surface area contributed by atoms with Crippen LogP contribution in [-0.4, -0.2) is 36.1 Å². The minimum atomic E-state index is 0.273. The van der Waals surface area contributed by atoms with Crippen LogP contribution >= 0.6 is 0 Å². The number of hydrogen-bond donors (Lipinski definition) is 1. The topological polar surface area (TPSA) is 15.3 Å². The monoisotopic (exact) mass is 252 g/mol. The zero-order valence-corrected chi connectivity index (χ0v) is 13.4. The zero-order chi connectivity index (χ0) is 13.8. The van der Waals surface area contributed by atoms with Crippen LogP contribution in [0.5, 0.6) is 0 Å². The van der Waals surface area contributed by atoms with Crippen molar-refractivity contribution in [3.8, 4) is 0 Å². The van der Waals surface area contributed by atoms with Crippen molar-refractivity contribution in [1.29, 1.82) is 0 Å². The number of piperazine rings is 1. The summed E-state index contributed by atoms with van der Waals surface area (Å²) < 4.78 is 0. The zero-order valence-electron chi connectivity index (χ0n) is 13.4. The van der Waals surface area contributed by atoms with E-state index in [2.05, 4.69) is 58.7 Å². The van der Waals surface area contributed by atoms with Crippen molar-refractivity contribution < 1.29 is 0 Å². The third-order valence-corrected chi connectivity index (χ3v) is 6.14. The van der Waals surface area contributed by atoms with Crippen LogP contribution in [0.4, 0.5) is 0 Å². The fourth-order valence-corrected chi connectivity index (χ4v) is 3.86. The summed E-state index contributed by atoms with van der Waals surface area (Å²) in [5.74, 6) is 0.855.